The fourth-order valence-electron chi connectivity index (χ4n) is 4.59. The minimum absolute atomic E-state index is 0.263. The quantitative estimate of drug-likeness (QED) is 0.648. The van der Waals surface area contributed by atoms with Crippen molar-refractivity contribution in [2.75, 3.05) is 6.54 Å². The zero-order chi connectivity index (χ0) is 17.2. The third-order valence-corrected chi connectivity index (χ3v) is 7.29. The van der Waals surface area contributed by atoms with Crippen LogP contribution in [-0.4, -0.2) is 34.4 Å². The average Bonchev–Trinajstić information content (AvgIpc) is 3.19. The lowest BCUT2D eigenvalue weighted by molar-refractivity contribution is -0.131. The zero-order valence-corrected chi connectivity index (χ0v) is 15.4. The molecule has 0 aromatic carbocycles. The van der Waals surface area contributed by atoms with Crippen LogP contribution in [0.2, 0.25) is 0 Å². The van der Waals surface area contributed by atoms with Crippen molar-refractivity contribution in [3.8, 4) is 6.19 Å². The van der Waals surface area contributed by atoms with E-state index < -0.39 is 0 Å². The highest BCUT2D eigenvalue weighted by molar-refractivity contribution is 7.11. The third kappa shape index (κ3) is 3.67. The molecular weight excluding hydrogens is 332 g/mol. The third-order valence-electron chi connectivity index (χ3n) is 6.10. The van der Waals surface area contributed by atoms with Crippen LogP contribution in [0.15, 0.2) is 6.20 Å². The average molecular weight is 359 g/mol. The molecule has 6 heteroatoms. The second-order valence-electron chi connectivity index (χ2n) is 7.89. The number of likely N-dealkylation sites (tertiary alicyclic amines) is 1. The Morgan fingerprint density at radius 3 is 2.88 bits per heavy atom. The molecule has 2 heterocycles. The van der Waals surface area contributed by atoms with Gasteiger partial charge in [-0.2, -0.15) is 5.26 Å². The number of nitriles is 1. The summed E-state index contributed by atoms with van der Waals surface area (Å²) in [4.78, 5) is 20.5. The van der Waals surface area contributed by atoms with Crippen LogP contribution in [0.4, 0.5) is 0 Å². The number of nitrogens with zero attached hydrogens (tertiary/aromatic N) is 3. The fraction of sp³-hybridized carbons (Fsp3) is 0.737. The SMILES string of the molecule is N#CN[C@H]1C[C@H](N2C[C@@H](Cc3ncc(C4CCCCC4)s3)CC2=O)C1. The number of carbonyl (C=O) groups excluding carboxylic acids is 1. The number of thiazole rings is 1. The maximum absolute atomic E-state index is 12.3. The Morgan fingerprint density at radius 1 is 1.32 bits per heavy atom. The molecule has 2 saturated carbocycles. The van der Waals surface area contributed by atoms with Crippen LogP contribution in [0.3, 0.4) is 0 Å². The van der Waals surface area contributed by atoms with Crippen molar-refractivity contribution in [3.05, 3.63) is 16.1 Å². The molecule has 4 rings (SSSR count). The monoisotopic (exact) mass is 358 g/mol. The van der Waals surface area contributed by atoms with E-state index in [2.05, 4.69) is 21.4 Å². The molecule has 3 aliphatic rings. The molecule has 1 saturated heterocycles. The van der Waals surface area contributed by atoms with E-state index in [1.54, 1.807) is 0 Å². The van der Waals surface area contributed by atoms with E-state index >= 15 is 0 Å². The molecule has 25 heavy (non-hydrogen) atoms. The molecule has 1 aromatic heterocycles. The van der Waals surface area contributed by atoms with Gasteiger partial charge in [-0.25, -0.2) is 4.98 Å². The van der Waals surface area contributed by atoms with Crippen molar-refractivity contribution in [1.29, 1.82) is 5.26 Å². The van der Waals surface area contributed by atoms with Crippen molar-refractivity contribution in [1.82, 2.24) is 15.2 Å². The fourth-order valence-corrected chi connectivity index (χ4v) is 5.80. The molecule has 1 atom stereocenters. The van der Waals surface area contributed by atoms with E-state index in [1.807, 2.05) is 17.5 Å². The molecule has 1 aromatic rings. The van der Waals surface area contributed by atoms with Gasteiger partial charge in [0.1, 0.15) is 0 Å². The maximum atomic E-state index is 12.3. The van der Waals surface area contributed by atoms with E-state index in [4.69, 9.17) is 5.26 Å². The first-order valence-electron chi connectivity index (χ1n) is 9.61. The number of carbonyl (C=O) groups is 1. The van der Waals surface area contributed by atoms with Crippen LogP contribution >= 0.6 is 11.3 Å². The summed E-state index contributed by atoms with van der Waals surface area (Å²) in [6, 6.07) is 0.594. The second kappa shape index (κ2) is 7.33. The Morgan fingerprint density at radius 2 is 2.12 bits per heavy atom. The van der Waals surface area contributed by atoms with Crippen molar-refractivity contribution < 1.29 is 4.79 Å². The summed E-state index contributed by atoms with van der Waals surface area (Å²) in [5.74, 6) is 1.41. The number of aromatic nitrogens is 1. The van der Waals surface area contributed by atoms with Crippen LogP contribution < -0.4 is 5.32 Å². The van der Waals surface area contributed by atoms with E-state index in [9.17, 15) is 4.79 Å². The van der Waals surface area contributed by atoms with Crippen molar-refractivity contribution in [3.63, 3.8) is 0 Å². The Hall–Kier alpha value is -1.61. The highest BCUT2D eigenvalue weighted by Crippen LogP contribution is 2.37. The zero-order valence-electron chi connectivity index (χ0n) is 14.6. The Balaban J connectivity index is 1.30. The van der Waals surface area contributed by atoms with Gasteiger partial charge in [0, 0.05) is 42.5 Å². The molecule has 3 fully saturated rings. The van der Waals surface area contributed by atoms with E-state index in [-0.39, 0.29) is 11.9 Å². The summed E-state index contributed by atoms with van der Waals surface area (Å²) >= 11 is 1.88. The van der Waals surface area contributed by atoms with Crippen molar-refractivity contribution in [2.24, 2.45) is 5.92 Å². The summed E-state index contributed by atoms with van der Waals surface area (Å²) < 4.78 is 0. The van der Waals surface area contributed by atoms with Gasteiger partial charge >= 0.3 is 0 Å². The number of nitrogens with one attached hydrogen (secondary N) is 1. The number of hydrogen-bond donors (Lipinski definition) is 1. The first kappa shape index (κ1) is 16.8. The number of rotatable bonds is 5. The molecule has 1 aliphatic heterocycles. The summed E-state index contributed by atoms with van der Waals surface area (Å²) in [7, 11) is 0. The van der Waals surface area contributed by atoms with Gasteiger partial charge in [-0.1, -0.05) is 19.3 Å². The summed E-state index contributed by atoms with van der Waals surface area (Å²) in [6.07, 6.45) is 14.2. The molecule has 1 N–H and O–H groups in total. The summed E-state index contributed by atoms with van der Waals surface area (Å²) in [5.41, 5.74) is 0. The molecular formula is C19H26N4OS. The second-order valence-corrected chi connectivity index (χ2v) is 9.04. The maximum Gasteiger partial charge on any atom is 0.223 e. The normalized spacial score (nSPS) is 30.1. The summed E-state index contributed by atoms with van der Waals surface area (Å²) in [6.45, 7) is 0.862. The molecule has 2 aliphatic carbocycles. The lowest BCUT2D eigenvalue weighted by Crippen LogP contribution is -2.52. The van der Waals surface area contributed by atoms with Crippen molar-refractivity contribution in [2.45, 2.75) is 75.8 Å². The van der Waals surface area contributed by atoms with Gasteiger partial charge in [-0.3, -0.25) is 4.79 Å². The Labute approximate surface area is 153 Å². The van der Waals surface area contributed by atoms with Crippen LogP contribution in [-0.2, 0) is 11.2 Å². The van der Waals surface area contributed by atoms with Gasteiger partial charge in [-0.15, -0.1) is 11.3 Å². The predicted molar refractivity (Wildman–Crippen MR) is 97.0 cm³/mol. The first-order valence-corrected chi connectivity index (χ1v) is 10.4. The van der Waals surface area contributed by atoms with Gasteiger partial charge in [-0.05, 0) is 37.5 Å². The highest BCUT2D eigenvalue weighted by atomic mass is 32.1. The smallest absolute Gasteiger partial charge is 0.223 e. The van der Waals surface area contributed by atoms with Crippen molar-refractivity contribution >= 4 is 17.2 Å². The van der Waals surface area contributed by atoms with Crippen LogP contribution in [0.5, 0.6) is 0 Å². The van der Waals surface area contributed by atoms with E-state index in [0.29, 0.717) is 18.4 Å². The van der Waals surface area contributed by atoms with Gasteiger partial charge in [0.2, 0.25) is 5.91 Å². The molecule has 0 spiro atoms. The van der Waals surface area contributed by atoms with Gasteiger partial charge in [0.25, 0.3) is 0 Å². The predicted octanol–water partition coefficient (Wildman–Crippen LogP) is 3.18. The molecule has 0 unspecified atom stereocenters. The minimum Gasteiger partial charge on any atom is -0.339 e. The Bertz CT molecular complexity index is 655. The van der Waals surface area contributed by atoms with E-state index in [0.717, 1.165) is 31.7 Å². The summed E-state index contributed by atoms with van der Waals surface area (Å²) in [5, 5.41) is 12.7. The molecule has 1 amide bonds. The molecule has 5 nitrogen and oxygen atoms in total. The molecule has 0 bridgehead atoms. The van der Waals surface area contributed by atoms with Crippen LogP contribution in [0, 0.1) is 17.4 Å². The highest BCUT2D eigenvalue weighted by Gasteiger charge is 2.41. The molecule has 0 radical (unpaired) electrons. The van der Waals surface area contributed by atoms with Crippen LogP contribution in [0.25, 0.3) is 0 Å². The standard InChI is InChI=1S/C19H26N4OS/c20-12-22-15-8-16(9-15)23-11-13(7-19(23)24)6-18-21-10-17(25-18)14-4-2-1-3-5-14/h10,13-16,22H,1-9,11H2/t13-,15-,16-/m0/s1. The lowest BCUT2D eigenvalue weighted by Gasteiger charge is -2.40. The number of amides is 1. The Kier molecular flexibility index (Phi) is 4.93. The van der Waals surface area contributed by atoms with Gasteiger partial charge in [0.05, 0.1) is 5.01 Å². The van der Waals surface area contributed by atoms with E-state index in [1.165, 1.54) is 42.0 Å². The first-order chi connectivity index (χ1) is 12.2. The minimum atomic E-state index is 0.263. The van der Waals surface area contributed by atoms with Crippen LogP contribution in [0.1, 0.15) is 67.2 Å². The van der Waals surface area contributed by atoms with Gasteiger partial charge in [0.15, 0.2) is 6.19 Å². The largest absolute Gasteiger partial charge is 0.339 e. The molecule has 134 valence electrons. The topological polar surface area (TPSA) is 69.0 Å². The number of hydrogen-bond acceptors (Lipinski definition) is 5. The van der Waals surface area contributed by atoms with Gasteiger partial charge < -0.3 is 10.2 Å². The lowest BCUT2D eigenvalue weighted by atomic mass is 9.86.